The van der Waals surface area contributed by atoms with Gasteiger partial charge in [0.05, 0.1) is 42.0 Å². The number of esters is 1. The van der Waals surface area contributed by atoms with Crippen LogP contribution in [0.2, 0.25) is 0 Å². The maximum atomic E-state index is 13.8. The number of nitrogens with one attached hydrogen (secondary N) is 1. The molecule has 10 aromatic carbocycles. The monoisotopic (exact) mass is 1550 g/mol. The molecule has 31 heteroatoms. The molecule has 0 atom stereocenters. The molecule has 0 heterocycles. The molecule has 0 radical (unpaired) electrons. The van der Waals surface area contributed by atoms with Gasteiger partial charge in [0, 0.05) is 6.54 Å². The van der Waals surface area contributed by atoms with Crippen LogP contribution in [0.25, 0.3) is 30.4 Å². The lowest BCUT2D eigenvalue weighted by atomic mass is 10.1. The van der Waals surface area contributed by atoms with Crippen molar-refractivity contribution in [2.75, 3.05) is 19.5 Å². The Bertz CT molecular complexity index is 4540. The molecule has 0 saturated heterocycles. The molecule has 0 aliphatic carbocycles. The van der Waals surface area contributed by atoms with E-state index in [-0.39, 0.29) is 23.6 Å². The number of anilines is 1. The van der Waals surface area contributed by atoms with E-state index in [2.05, 4.69) is 47.7 Å². The lowest BCUT2D eigenvalue weighted by Gasteiger charge is -2.12. The van der Waals surface area contributed by atoms with Crippen LogP contribution in [0.3, 0.4) is 0 Å². The third kappa shape index (κ3) is 20.7. The summed E-state index contributed by atoms with van der Waals surface area (Å²) in [4.78, 5) is 11.8. The van der Waals surface area contributed by atoms with Crippen LogP contribution in [-0.2, 0) is 37.7 Å². The summed E-state index contributed by atoms with van der Waals surface area (Å²) in [5, 5.41) is 20.0. The van der Waals surface area contributed by atoms with Crippen molar-refractivity contribution in [3.8, 4) is 40.2 Å². The highest BCUT2D eigenvalue weighted by molar-refractivity contribution is 5.89. The fourth-order valence-electron chi connectivity index (χ4n) is 8.78. The molecular formula is C78H54F21NO9. The summed E-state index contributed by atoms with van der Waals surface area (Å²) in [7, 11) is 1.78. The zero-order valence-corrected chi connectivity index (χ0v) is 56.2. The third-order valence-corrected chi connectivity index (χ3v) is 14.8. The van der Waals surface area contributed by atoms with Gasteiger partial charge in [-0.25, -0.2) is 61.9 Å². The second-order valence-corrected chi connectivity index (χ2v) is 21.5. The Morgan fingerprint density at radius 2 is 0.560 bits per heavy atom. The number of carbonyl (C=O) groups excluding carboxylic acids is 1. The van der Waals surface area contributed by atoms with Gasteiger partial charge in [0.2, 0.25) is 52.4 Å². The summed E-state index contributed by atoms with van der Waals surface area (Å²) in [5.41, 5.74) is -0.00737. The average Bonchev–Trinajstić information content (AvgIpc) is 0.813. The molecule has 0 saturated carbocycles. The number of phenols is 2. The number of aromatic hydroxyl groups is 2. The molecule has 0 amide bonds. The van der Waals surface area contributed by atoms with Crippen LogP contribution in [0.4, 0.5) is 97.9 Å². The van der Waals surface area contributed by atoms with Crippen molar-refractivity contribution in [2.24, 2.45) is 0 Å². The zero-order chi connectivity index (χ0) is 80.8. The second-order valence-electron chi connectivity index (χ2n) is 21.5. The first-order valence-electron chi connectivity index (χ1n) is 30.5. The van der Waals surface area contributed by atoms with Crippen molar-refractivity contribution in [3.63, 3.8) is 0 Å². The quantitative estimate of drug-likeness (QED) is 0.0199. The van der Waals surface area contributed by atoms with E-state index in [1.165, 1.54) is 36.4 Å². The van der Waals surface area contributed by atoms with Crippen molar-refractivity contribution in [3.05, 3.63) is 338 Å². The maximum Gasteiger partial charge on any atom is 0.338 e. The predicted molar refractivity (Wildman–Crippen MR) is 360 cm³/mol. The Morgan fingerprint density at radius 3 is 0.844 bits per heavy atom. The molecule has 0 aromatic heterocycles. The number of carbonyl (C=O) groups is 1. The van der Waals surface area contributed by atoms with E-state index >= 15 is 0 Å². The Kier molecular flexibility index (Phi) is 30.5. The largest absolute Gasteiger partial charge is 0.503 e. The molecule has 0 spiro atoms. The Balaban J connectivity index is 0.000000213. The Morgan fingerprint density at radius 1 is 0.321 bits per heavy atom. The number of rotatable bonds is 22. The van der Waals surface area contributed by atoms with Crippen LogP contribution in [0.5, 0.6) is 40.2 Å². The molecule has 0 aliphatic rings. The van der Waals surface area contributed by atoms with Crippen molar-refractivity contribution in [1.82, 2.24) is 0 Å². The average molecular weight is 1550 g/mol. The minimum absolute atomic E-state index is 0.0467. The molecule has 10 aromatic rings. The highest BCUT2D eigenvalue weighted by atomic mass is 19.2. The highest BCUT2D eigenvalue weighted by Gasteiger charge is 2.31. The second kappa shape index (κ2) is 39.1. The first-order chi connectivity index (χ1) is 51.7. The Labute approximate surface area is 606 Å². The van der Waals surface area contributed by atoms with Crippen LogP contribution in [0, 0.1) is 122 Å². The number of hydrogen-bond acceptors (Lipinski definition) is 10. The number of ether oxygens (including phenoxy) is 6. The van der Waals surface area contributed by atoms with Crippen molar-refractivity contribution >= 4 is 42.0 Å². The minimum atomic E-state index is -2.19. The van der Waals surface area contributed by atoms with Gasteiger partial charge in [0.25, 0.3) is 0 Å². The van der Waals surface area contributed by atoms with E-state index in [0.29, 0.717) is 11.3 Å². The van der Waals surface area contributed by atoms with Crippen LogP contribution < -0.4 is 29.0 Å². The number of phenolic OH excluding ortho intramolecular Hbond substituents is 2. The van der Waals surface area contributed by atoms with Crippen molar-refractivity contribution < 1.29 is 136 Å². The van der Waals surface area contributed by atoms with Crippen LogP contribution in [0.15, 0.2) is 154 Å². The van der Waals surface area contributed by atoms with E-state index in [4.69, 9.17) is 29.2 Å². The summed E-state index contributed by atoms with van der Waals surface area (Å²) >= 11 is 0. The topological polar surface area (TPSA) is 125 Å². The maximum absolute atomic E-state index is 13.8. The van der Waals surface area contributed by atoms with E-state index in [1.807, 2.05) is 0 Å². The molecule has 10 rings (SSSR count). The van der Waals surface area contributed by atoms with Crippen molar-refractivity contribution in [2.45, 2.75) is 33.0 Å². The van der Waals surface area contributed by atoms with Crippen LogP contribution >= 0.6 is 0 Å². The van der Waals surface area contributed by atoms with Crippen LogP contribution in [0.1, 0.15) is 66.0 Å². The number of halogens is 21. The summed E-state index contributed by atoms with van der Waals surface area (Å²) in [6.07, 6.45) is 7.96. The van der Waals surface area contributed by atoms with Gasteiger partial charge in [-0.05, 0) is 81.9 Å². The lowest BCUT2D eigenvalue weighted by Crippen LogP contribution is -2.11. The SMILES string of the molecule is C=Cc1ccc(C(=O)OCc2c(F)c(F)c(OC)c(F)c2F)cc1.C=Cc1ccc(CNc2c(F)c(F)c(O)c(F)c2F)cc1.C=Cc1ccc(OCc2c(F)c(F)c(F)c(F)c2F)cc1.C=Cc1ccc(OCc2c(F)c(F)c(O)c(F)c2F)cc1.C=Cc1ccc(OCc2c(F)c(F)c(OC)c(F)c2F)cc1. The predicted octanol–water partition coefficient (Wildman–Crippen LogP) is 21.7. The smallest absolute Gasteiger partial charge is 0.338 e. The molecule has 10 nitrogen and oxygen atoms in total. The van der Waals surface area contributed by atoms with E-state index < -0.39 is 205 Å². The molecule has 0 unspecified atom stereocenters. The van der Waals surface area contributed by atoms with Gasteiger partial charge in [-0.1, -0.05) is 136 Å². The molecule has 0 bridgehead atoms. The van der Waals surface area contributed by atoms with Gasteiger partial charge < -0.3 is 44.0 Å². The standard InChI is InChI=1S/C17H12F4O3.C16H12F4O2.C15H9F5O.C15H11F4NO.C15H10F4O2/c1-3-9-4-6-10(7-5-9)17(22)24-8-11-12(18)14(20)16(23-2)15(21)13(11)19;1-3-9-4-6-10(7-5-9)22-8-11-12(17)14(19)16(21-2)15(20)13(11)18;1-2-8-3-5-9(6-4-8)21-7-10-11(16)13(18)15(20)14(19)12(10)17;1-2-8-3-5-9(6-4-8)7-20-14-10(16)12(18)15(21)13(19)11(14)17;1-2-8-3-5-9(6-4-8)21-7-10-11(16)13(18)15(20)14(19)12(10)17/h3-7H,1,8H2,2H3;3-7H,1,8H2,2H3;2-6H,1,7H2;2-6,20-21H,1,7H2;2-6,20H,1,7H2. The summed E-state index contributed by atoms with van der Waals surface area (Å²) in [6.45, 7) is 14.6. The summed E-state index contributed by atoms with van der Waals surface area (Å²) < 4.78 is 310. The van der Waals surface area contributed by atoms with Gasteiger partial charge in [-0.3, -0.25) is 0 Å². The van der Waals surface area contributed by atoms with E-state index in [0.717, 1.165) is 42.0 Å². The van der Waals surface area contributed by atoms with Gasteiger partial charge in [0.15, 0.2) is 92.8 Å². The fourth-order valence-corrected chi connectivity index (χ4v) is 8.78. The van der Waals surface area contributed by atoms with Gasteiger partial charge in [-0.15, -0.1) is 0 Å². The number of benzene rings is 10. The van der Waals surface area contributed by atoms with Crippen LogP contribution in [-0.4, -0.2) is 30.4 Å². The molecular weight excluding hydrogens is 1490 g/mol. The summed E-state index contributed by atoms with van der Waals surface area (Å²) in [5.74, 6) is -42.9. The lowest BCUT2D eigenvalue weighted by molar-refractivity contribution is 0.0462. The molecule has 3 N–H and O–H groups in total. The fraction of sp³-hybridized carbons (Fsp3) is 0.0897. The highest BCUT2D eigenvalue weighted by Crippen LogP contribution is 2.36. The van der Waals surface area contributed by atoms with Gasteiger partial charge >= 0.3 is 5.97 Å². The molecule has 0 aliphatic heterocycles. The normalized spacial score (nSPS) is 10.4. The number of hydrogen-bond donors (Lipinski definition) is 3. The van der Waals surface area contributed by atoms with E-state index in [9.17, 15) is 97.0 Å². The molecule has 109 heavy (non-hydrogen) atoms. The van der Waals surface area contributed by atoms with Gasteiger partial charge in [0.1, 0.15) is 49.4 Å². The first kappa shape index (κ1) is 85.2. The van der Waals surface area contributed by atoms with E-state index in [1.54, 1.807) is 115 Å². The minimum Gasteiger partial charge on any atom is -0.503 e. The number of methoxy groups -OCH3 is 2. The molecule has 0 fully saturated rings. The van der Waals surface area contributed by atoms with Crippen molar-refractivity contribution in [1.29, 1.82) is 0 Å². The zero-order valence-electron chi connectivity index (χ0n) is 56.2. The van der Waals surface area contributed by atoms with Gasteiger partial charge in [-0.2, -0.15) is 35.1 Å². The Hall–Kier alpha value is -12.7. The molecule has 572 valence electrons. The summed E-state index contributed by atoms with van der Waals surface area (Å²) in [6, 6.07) is 31.8. The third-order valence-electron chi connectivity index (χ3n) is 14.8. The first-order valence-corrected chi connectivity index (χ1v) is 30.5.